The van der Waals surface area contributed by atoms with E-state index in [1.807, 2.05) is 6.08 Å². The van der Waals surface area contributed by atoms with E-state index in [1.165, 1.54) is 35.9 Å². The van der Waals surface area contributed by atoms with Gasteiger partial charge in [0.2, 0.25) is 0 Å². The molecule has 1 unspecified atom stereocenters. The molecule has 6 heteroatoms. The number of amides is 1. The molecule has 3 aliphatic heterocycles. The second kappa shape index (κ2) is 7.71. The minimum absolute atomic E-state index is 0.0125. The Hall–Kier alpha value is -1.37. The average Bonchev–Trinajstić information content (AvgIpc) is 3.37. The topological polar surface area (TPSA) is 32.8 Å². The van der Waals surface area contributed by atoms with Gasteiger partial charge in [-0.2, -0.15) is 0 Å². The van der Waals surface area contributed by atoms with E-state index in [-0.39, 0.29) is 12.0 Å². The number of rotatable bonds is 4. The van der Waals surface area contributed by atoms with E-state index in [0.29, 0.717) is 15.8 Å². The smallest absolute Gasteiger partial charge is 0.266 e. The Morgan fingerprint density at radius 2 is 2.12 bits per heavy atom. The number of carbonyl (C=O) groups is 1. The highest BCUT2D eigenvalue weighted by Crippen LogP contribution is 2.34. The third kappa shape index (κ3) is 3.68. The molecule has 1 aromatic carbocycles. The number of anilines is 1. The van der Waals surface area contributed by atoms with Gasteiger partial charge < -0.3 is 9.64 Å². The van der Waals surface area contributed by atoms with Gasteiger partial charge in [-0.3, -0.25) is 9.69 Å². The molecule has 4 rings (SSSR count). The molecule has 1 amide bonds. The minimum atomic E-state index is 0.0125. The van der Waals surface area contributed by atoms with Crippen molar-refractivity contribution in [2.75, 3.05) is 31.1 Å². The number of benzene rings is 1. The first-order chi connectivity index (χ1) is 12.6. The zero-order valence-corrected chi connectivity index (χ0v) is 16.7. The fourth-order valence-corrected chi connectivity index (χ4v) is 5.05. The number of thioether (sulfide) groups is 1. The summed E-state index contributed by atoms with van der Waals surface area (Å²) in [4.78, 5) is 17.6. The van der Waals surface area contributed by atoms with Crippen molar-refractivity contribution in [3.63, 3.8) is 0 Å². The van der Waals surface area contributed by atoms with Crippen molar-refractivity contribution in [1.82, 2.24) is 4.90 Å². The molecular formula is C20H24N2O2S2. The van der Waals surface area contributed by atoms with E-state index < -0.39 is 0 Å². The Morgan fingerprint density at radius 1 is 1.31 bits per heavy atom. The summed E-state index contributed by atoms with van der Waals surface area (Å²) < 4.78 is 6.30. The van der Waals surface area contributed by atoms with Gasteiger partial charge in [0.15, 0.2) is 0 Å². The molecule has 3 aliphatic rings. The molecule has 0 N–H and O–H groups in total. The van der Waals surface area contributed by atoms with Crippen molar-refractivity contribution < 1.29 is 9.53 Å². The molecule has 1 aromatic rings. The van der Waals surface area contributed by atoms with Crippen LogP contribution in [0.2, 0.25) is 0 Å². The van der Waals surface area contributed by atoms with Crippen molar-refractivity contribution in [3.8, 4) is 0 Å². The quantitative estimate of drug-likeness (QED) is 0.576. The van der Waals surface area contributed by atoms with E-state index in [2.05, 4.69) is 30.0 Å². The van der Waals surface area contributed by atoms with E-state index in [4.69, 9.17) is 17.0 Å². The van der Waals surface area contributed by atoms with E-state index in [0.717, 1.165) is 38.1 Å². The first-order valence-corrected chi connectivity index (χ1v) is 10.6. The Kier molecular flexibility index (Phi) is 5.34. The number of aryl methyl sites for hydroxylation is 1. The molecule has 0 saturated carbocycles. The fraction of sp³-hybridized carbons (Fsp3) is 0.500. The Morgan fingerprint density at radius 3 is 2.81 bits per heavy atom. The van der Waals surface area contributed by atoms with Gasteiger partial charge in [-0.05, 0) is 61.9 Å². The predicted octanol–water partition coefficient (Wildman–Crippen LogP) is 3.98. The van der Waals surface area contributed by atoms with Crippen LogP contribution in [0.15, 0.2) is 23.1 Å². The number of nitrogens with zero attached hydrogens (tertiary/aromatic N) is 2. The van der Waals surface area contributed by atoms with E-state index in [9.17, 15) is 4.79 Å². The summed E-state index contributed by atoms with van der Waals surface area (Å²) in [5, 5.41) is 0. The van der Waals surface area contributed by atoms with Gasteiger partial charge in [-0.25, -0.2) is 0 Å². The number of ether oxygens (including phenoxy) is 1. The summed E-state index contributed by atoms with van der Waals surface area (Å²) in [6, 6.07) is 6.51. The molecule has 0 spiro atoms. The van der Waals surface area contributed by atoms with E-state index in [1.54, 1.807) is 4.90 Å². The first-order valence-electron chi connectivity index (χ1n) is 9.34. The summed E-state index contributed by atoms with van der Waals surface area (Å²) in [5.74, 6) is 0.0125. The highest BCUT2D eigenvalue weighted by Gasteiger charge is 2.34. The van der Waals surface area contributed by atoms with Crippen molar-refractivity contribution in [2.45, 2.75) is 38.7 Å². The minimum Gasteiger partial charge on any atom is -0.376 e. The second-order valence-corrected chi connectivity index (χ2v) is 8.84. The number of hydrogen-bond donors (Lipinski definition) is 0. The highest BCUT2D eigenvalue weighted by molar-refractivity contribution is 8.26. The molecule has 0 aliphatic carbocycles. The molecule has 3 heterocycles. The van der Waals surface area contributed by atoms with Crippen molar-refractivity contribution in [1.29, 1.82) is 0 Å². The maximum absolute atomic E-state index is 12.8. The van der Waals surface area contributed by atoms with Crippen molar-refractivity contribution in [2.24, 2.45) is 0 Å². The first kappa shape index (κ1) is 18.0. The summed E-state index contributed by atoms with van der Waals surface area (Å²) in [7, 11) is 0. The third-order valence-corrected chi connectivity index (χ3v) is 6.67. The molecule has 0 aromatic heterocycles. The van der Waals surface area contributed by atoms with Gasteiger partial charge in [0.05, 0.1) is 17.6 Å². The van der Waals surface area contributed by atoms with Crippen LogP contribution >= 0.6 is 24.0 Å². The maximum atomic E-state index is 12.8. The molecule has 0 bridgehead atoms. The summed E-state index contributed by atoms with van der Waals surface area (Å²) in [6.07, 6.45) is 6.73. The van der Waals surface area contributed by atoms with Gasteiger partial charge >= 0.3 is 0 Å². The SMILES string of the molecule is Cc1cc(N2CCCC2)ccc1/C=C1/SC(=S)N(CC2CCCO2)C1=O. The lowest BCUT2D eigenvalue weighted by Crippen LogP contribution is -2.35. The van der Waals surface area contributed by atoms with Gasteiger partial charge in [-0.15, -0.1) is 0 Å². The Labute approximate surface area is 164 Å². The van der Waals surface area contributed by atoms with Gasteiger partial charge in [0.25, 0.3) is 5.91 Å². The Balaban J connectivity index is 1.50. The number of hydrogen-bond acceptors (Lipinski definition) is 5. The molecule has 3 fully saturated rings. The lowest BCUT2D eigenvalue weighted by Gasteiger charge is -2.19. The zero-order valence-electron chi connectivity index (χ0n) is 15.1. The molecule has 26 heavy (non-hydrogen) atoms. The van der Waals surface area contributed by atoms with Crippen LogP contribution in [0.4, 0.5) is 5.69 Å². The van der Waals surface area contributed by atoms with Crippen LogP contribution in [0, 0.1) is 6.92 Å². The molecule has 138 valence electrons. The summed E-state index contributed by atoms with van der Waals surface area (Å²) >= 11 is 6.84. The van der Waals surface area contributed by atoms with Crippen LogP contribution in [-0.4, -0.2) is 47.5 Å². The second-order valence-electron chi connectivity index (χ2n) is 7.16. The molecular weight excluding hydrogens is 364 g/mol. The monoisotopic (exact) mass is 388 g/mol. The lowest BCUT2D eigenvalue weighted by molar-refractivity contribution is -0.123. The van der Waals surface area contributed by atoms with Crippen LogP contribution in [0.5, 0.6) is 0 Å². The fourth-order valence-electron chi connectivity index (χ4n) is 3.78. The van der Waals surface area contributed by atoms with Crippen LogP contribution in [0.3, 0.4) is 0 Å². The van der Waals surface area contributed by atoms with E-state index >= 15 is 0 Å². The predicted molar refractivity (Wildman–Crippen MR) is 111 cm³/mol. The average molecular weight is 389 g/mol. The third-order valence-electron chi connectivity index (χ3n) is 5.29. The standard InChI is InChI=1S/C20H24N2O2S2/c1-14-11-16(21-8-2-3-9-21)7-6-15(14)12-18-19(23)22(20(25)26-18)13-17-5-4-10-24-17/h6-7,11-12,17H,2-5,8-10,13H2,1H3/b18-12+. The van der Waals surface area contributed by atoms with Crippen LogP contribution in [-0.2, 0) is 9.53 Å². The maximum Gasteiger partial charge on any atom is 0.266 e. The highest BCUT2D eigenvalue weighted by atomic mass is 32.2. The zero-order chi connectivity index (χ0) is 18.1. The summed E-state index contributed by atoms with van der Waals surface area (Å²) in [6.45, 7) is 5.76. The summed E-state index contributed by atoms with van der Waals surface area (Å²) in [5.41, 5.74) is 3.56. The van der Waals surface area contributed by atoms with Gasteiger partial charge in [0.1, 0.15) is 4.32 Å². The van der Waals surface area contributed by atoms with Gasteiger partial charge in [0, 0.05) is 25.4 Å². The molecule has 1 atom stereocenters. The molecule has 4 nitrogen and oxygen atoms in total. The molecule has 0 radical (unpaired) electrons. The lowest BCUT2D eigenvalue weighted by atomic mass is 10.1. The van der Waals surface area contributed by atoms with Crippen molar-refractivity contribution in [3.05, 3.63) is 34.2 Å². The number of thiocarbonyl (C=S) groups is 1. The largest absolute Gasteiger partial charge is 0.376 e. The number of carbonyl (C=O) groups excluding carboxylic acids is 1. The Bertz CT molecular complexity index is 750. The van der Waals surface area contributed by atoms with Crippen molar-refractivity contribution >= 4 is 46.0 Å². The normalized spacial score (nSPS) is 25.1. The van der Waals surface area contributed by atoms with Crippen LogP contribution in [0.1, 0.15) is 36.8 Å². The van der Waals surface area contributed by atoms with Crippen LogP contribution in [0.25, 0.3) is 6.08 Å². The van der Waals surface area contributed by atoms with Gasteiger partial charge in [-0.1, -0.05) is 30.0 Å². The van der Waals surface area contributed by atoms with Crippen LogP contribution < -0.4 is 4.90 Å². The molecule has 3 saturated heterocycles.